The molecule has 0 spiro atoms. The third kappa shape index (κ3) is 5.12. The van der Waals surface area contributed by atoms with Crippen LogP contribution in [0.25, 0.3) is 0 Å². The van der Waals surface area contributed by atoms with Crippen molar-refractivity contribution in [3.05, 3.63) is 24.3 Å². The molecule has 0 aliphatic rings. The second kappa shape index (κ2) is 7.23. The number of carbonyl (C=O) groups is 1. The van der Waals surface area contributed by atoms with Gasteiger partial charge in [0.15, 0.2) is 0 Å². The van der Waals surface area contributed by atoms with Crippen LogP contribution in [0, 0.1) is 0 Å². The van der Waals surface area contributed by atoms with Gasteiger partial charge in [0, 0.05) is 17.0 Å². The van der Waals surface area contributed by atoms with E-state index >= 15 is 0 Å². The van der Waals surface area contributed by atoms with Gasteiger partial charge >= 0.3 is 0 Å². The predicted octanol–water partition coefficient (Wildman–Crippen LogP) is 4.15. The Bertz CT molecular complexity index is 338. The summed E-state index contributed by atoms with van der Waals surface area (Å²) in [6, 6.07) is 7.36. The molecule has 16 heavy (non-hydrogen) atoms. The first kappa shape index (κ1) is 13.0. The maximum absolute atomic E-state index is 11.5. The number of carbonyl (C=O) groups excluding carboxylic acids is 1. The van der Waals surface area contributed by atoms with E-state index in [1.807, 2.05) is 18.2 Å². The molecular formula is C13H18NOS. The number of rotatable bonds is 6. The van der Waals surface area contributed by atoms with Crippen LogP contribution in [-0.2, 0) is 4.79 Å². The summed E-state index contributed by atoms with van der Waals surface area (Å²) in [6.07, 6.45) is 5.09. The summed E-state index contributed by atoms with van der Waals surface area (Å²) in [6.45, 7) is 2.16. The third-order valence-corrected chi connectivity index (χ3v) is 2.63. The van der Waals surface area contributed by atoms with E-state index in [1.165, 1.54) is 12.8 Å². The Morgan fingerprint density at radius 1 is 1.31 bits per heavy atom. The van der Waals surface area contributed by atoms with Gasteiger partial charge in [-0.25, -0.2) is 0 Å². The zero-order chi connectivity index (χ0) is 11.8. The highest BCUT2D eigenvalue weighted by molar-refractivity contribution is 7.80. The van der Waals surface area contributed by atoms with Crippen molar-refractivity contribution in [2.75, 3.05) is 5.32 Å². The van der Waals surface area contributed by atoms with Gasteiger partial charge in [0.05, 0.1) is 0 Å². The smallest absolute Gasteiger partial charge is 0.224 e. The molecule has 1 aromatic rings. The van der Waals surface area contributed by atoms with E-state index in [9.17, 15) is 4.79 Å². The van der Waals surface area contributed by atoms with Crippen LogP contribution in [0.4, 0.5) is 5.69 Å². The van der Waals surface area contributed by atoms with Crippen LogP contribution in [0.5, 0.6) is 0 Å². The molecule has 1 amide bonds. The van der Waals surface area contributed by atoms with Crippen molar-refractivity contribution >= 4 is 24.2 Å². The van der Waals surface area contributed by atoms with Gasteiger partial charge in [-0.3, -0.25) is 4.79 Å². The second-order valence-corrected chi connectivity index (χ2v) is 4.36. The molecule has 0 unspecified atom stereocenters. The summed E-state index contributed by atoms with van der Waals surface area (Å²) < 4.78 is 0. The summed E-state index contributed by atoms with van der Waals surface area (Å²) in [5.41, 5.74) is 0.799. The standard InChI is InChI=1S/C13H18NOS/c1-2-3-4-5-9-13(15)14-11-7-6-8-12(16)10-11/h6-8,10H,2-5,9H2,1H3,(H,14,15). The van der Waals surface area contributed by atoms with Crippen molar-refractivity contribution in [3.63, 3.8) is 0 Å². The average Bonchev–Trinajstić information content (AvgIpc) is 2.24. The molecule has 1 rings (SSSR count). The highest BCUT2D eigenvalue weighted by Crippen LogP contribution is 2.14. The van der Waals surface area contributed by atoms with E-state index < -0.39 is 0 Å². The molecule has 0 aliphatic heterocycles. The lowest BCUT2D eigenvalue weighted by Crippen LogP contribution is -2.10. The van der Waals surface area contributed by atoms with Crippen LogP contribution in [0.3, 0.4) is 0 Å². The molecule has 3 heteroatoms. The number of benzene rings is 1. The zero-order valence-electron chi connectivity index (χ0n) is 9.66. The number of amides is 1. The fourth-order valence-corrected chi connectivity index (χ4v) is 1.72. The molecule has 1 aromatic carbocycles. The van der Waals surface area contributed by atoms with E-state index in [0.717, 1.165) is 23.4 Å². The van der Waals surface area contributed by atoms with Crippen molar-refractivity contribution in [2.45, 2.75) is 43.9 Å². The summed E-state index contributed by atoms with van der Waals surface area (Å²) in [7, 11) is 0. The quantitative estimate of drug-likeness (QED) is 0.738. The highest BCUT2D eigenvalue weighted by Gasteiger charge is 2.01. The number of nitrogens with one attached hydrogen (secondary N) is 1. The van der Waals surface area contributed by atoms with Gasteiger partial charge in [-0.2, -0.15) is 0 Å². The molecule has 1 N–H and O–H groups in total. The van der Waals surface area contributed by atoms with Crippen LogP contribution in [0.1, 0.15) is 39.0 Å². The Hall–Kier alpha value is -1.09. The minimum absolute atomic E-state index is 0.0803. The van der Waals surface area contributed by atoms with E-state index in [1.54, 1.807) is 6.07 Å². The Morgan fingerprint density at radius 2 is 2.12 bits per heavy atom. The Kier molecular flexibility index (Phi) is 5.86. The number of hydrogen-bond donors (Lipinski definition) is 1. The lowest BCUT2D eigenvalue weighted by atomic mass is 10.1. The van der Waals surface area contributed by atoms with Gasteiger partial charge in [0.2, 0.25) is 5.91 Å². The lowest BCUT2D eigenvalue weighted by Gasteiger charge is -2.05. The molecule has 0 atom stereocenters. The molecule has 0 aromatic heterocycles. The van der Waals surface area contributed by atoms with Gasteiger partial charge in [0.25, 0.3) is 0 Å². The van der Waals surface area contributed by atoms with Gasteiger partial charge in [-0.15, -0.1) is 0 Å². The van der Waals surface area contributed by atoms with Crippen molar-refractivity contribution in [3.8, 4) is 0 Å². The van der Waals surface area contributed by atoms with Crippen LogP contribution in [0.2, 0.25) is 0 Å². The molecule has 0 heterocycles. The molecule has 87 valence electrons. The van der Waals surface area contributed by atoms with Crippen molar-refractivity contribution in [1.82, 2.24) is 0 Å². The van der Waals surface area contributed by atoms with Gasteiger partial charge < -0.3 is 5.32 Å². The SMILES string of the molecule is CCCCCCC(=O)Nc1cccc([S])c1. The normalized spacial score (nSPS) is 10.1. The van der Waals surface area contributed by atoms with E-state index in [0.29, 0.717) is 6.42 Å². The summed E-state index contributed by atoms with van der Waals surface area (Å²) >= 11 is 5.02. The van der Waals surface area contributed by atoms with E-state index in [4.69, 9.17) is 12.6 Å². The molecular weight excluding hydrogens is 218 g/mol. The number of unbranched alkanes of at least 4 members (excludes halogenated alkanes) is 3. The van der Waals surface area contributed by atoms with Gasteiger partial charge in [0.1, 0.15) is 0 Å². The highest BCUT2D eigenvalue weighted by atomic mass is 32.1. The predicted molar refractivity (Wildman–Crippen MR) is 69.7 cm³/mol. The minimum Gasteiger partial charge on any atom is -0.326 e. The van der Waals surface area contributed by atoms with Gasteiger partial charge in [-0.05, 0) is 24.6 Å². The van der Waals surface area contributed by atoms with Crippen LogP contribution in [0.15, 0.2) is 29.2 Å². The molecule has 2 nitrogen and oxygen atoms in total. The summed E-state index contributed by atoms with van der Waals surface area (Å²) in [5, 5.41) is 2.85. The van der Waals surface area contributed by atoms with Crippen molar-refractivity contribution in [2.24, 2.45) is 0 Å². The number of hydrogen-bond acceptors (Lipinski definition) is 1. The zero-order valence-corrected chi connectivity index (χ0v) is 10.5. The summed E-state index contributed by atoms with van der Waals surface area (Å²) in [5.74, 6) is 0.0803. The second-order valence-electron chi connectivity index (χ2n) is 3.89. The maximum Gasteiger partial charge on any atom is 0.224 e. The maximum atomic E-state index is 11.5. The van der Waals surface area contributed by atoms with Crippen LogP contribution in [-0.4, -0.2) is 5.91 Å². The molecule has 0 fully saturated rings. The topological polar surface area (TPSA) is 29.1 Å². The third-order valence-electron chi connectivity index (χ3n) is 2.38. The first-order valence-electron chi connectivity index (χ1n) is 5.79. The fraction of sp³-hybridized carbons (Fsp3) is 0.462. The Morgan fingerprint density at radius 3 is 2.81 bits per heavy atom. The minimum atomic E-state index is 0.0803. The number of anilines is 1. The Balaban J connectivity index is 2.29. The largest absolute Gasteiger partial charge is 0.326 e. The molecule has 0 bridgehead atoms. The summed E-state index contributed by atoms with van der Waals surface area (Å²) in [4.78, 5) is 12.3. The first-order chi connectivity index (χ1) is 7.72. The van der Waals surface area contributed by atoms with E-state index in [-0.39, 0.29) is 5.91 Å². The van der Waals surface area contributed by atoms with Crippen LogP contribution >= 0.6 is 12.6 Å². The van der Waals surface area contributed by atoms with Gasteiger partial charge in [-0.1, -0.05) is 44.9 Å². The molecule has 1 radical (unpaired) electrons. The van der Waals surface area contributed by atoms with Crippen LogP contribution < -0.4 is 5.32 Å². The van der Waals surface area contributed by atoms with Crippen molar-refractivity contribution in [1.29, 1.82) is 0 Å². The molecule has 0 saturated heterocycles. The molecule has 0 saturated carbocycles. The average molecular weight is 236 g/mol. The fourth-order valence-electron chi connectivity index (χ4n) is 1.51. The Labute approximate surface area is 103 Å². The lowest BCUT2D eigenvalue weighted by molar-refractivity contribution is -0.116. The van der Waals surface area contributed by atoms with Crippen molar-refractivity contribution < 1.29 is 4.79 Å². The molecule has 0 aliphatic carbocycles. The van der Waals surface area contributed by atoms with E-state index in [2.05, 4.69) is 12.2 Å². The monoisotopic (exact) mass is 236 g/mol. The first-order valence-corrected chi connectivity index (χ1v) is 6.20.